The Hall–Kier alpha value is -1.81. The topological polar surface area (TPSA) is 71.1 Å². The summed E-state index contributed by atoms with van der Waals surface area (Å²) in [4.78, 5) is 27.6. The molecule has 0 saturated carbocycles. The third-order valence-electron chi connectivity index (χ3n) is 3.43. The molecule has 1 unspecified atom stereocenters. The highest BCUT2D eigenvalue weighted by molar-refractivity contribution is 8.01. The highest BCUT2D eigenvalue weighted by atomic mass is 32.2. The first kappa shape index (κ1) is 19.5. The molecule has 0 spiro atoms. The second kappa shape index (κ2) is 8.05. The van der Waals surface area contributed by atoms with Crippen LogP contribution in [0.25, 0.3) is 10.2 Å². The summed E-state index contributed by atoms with van der Waals surface area (Å²) < 4.78 is 39.3. The number of nitrogens with one attached hydrogen (secondary N) is 2. The standard InChI is InChI=1S/C15H16F3N3O2S2/c1-19-12(22)5-8(13(23)20-2)7-24-14-21-10-4-3-9(15(16,17)18)6-11(10)25-14/h3-4,6,8H,5,7H2,1-2H3,(H,19,22)(H,20,23). The lowest BCUT2D eigenvalue weighted by Gasteiger charge is -2.13. The number of carbonyl (C=O) groups excluding carboxylic acids is 2. The third kappa shape index (κ3) is 5.08. The van der Waals surface area contributed by atoms with Crippen LogP contribution >= 0.6 is 23.1 Å². The number of nitrogens with zero attached hydrogens (tertiary/aromatic N) is 1. The number of carbonyl (C=O) groups is 2. The van der Waals surface area contributed by atoms with Crippen molar-refractivity contribution < 1.29 is 22.8 Å². The molecule has 0 aliphatic rings. The van der Waals surface area contributed by atoms with Crippen molar-refractivity contribution in [2.24, 2.45) is 5.92 Å². The molecule has 0 radical (unpaired) electrons. The number of amides is 2. The molecule has 2 amide bonds. The van der Waals surface area contributed by atoms with Crippen molar-refractivity contribution in [1.29, 1.82) is 0 Å². The normalized spacial score (nSPS) is 12.8. The first-order valence-corrected chi connectivity index (χ1v) is 9.07. The van der Waals surface area contributed by atoms with E-state index in [9.17, 15) is 22.8 Å². The van der Waals surface area contributed by atoms with Crippen molar-refractivity contribution >= 4 is 45.1 Å². The number of hydrogen-bond donors (Lipinski definition) is 2. The molecule has 25 heavy (non-hydrogen) atoms. The average molecular weight is 391 g/mol. The van der Waals surface area contributed by atoms with Crippen LogP contribution in [0.2, 0.25) is 0 Å². The number of fused-ring (bicyclic) bond motifs is 1. The van der Waals surface area contributed by atoms with Crippen LogP contribution in [-0.4, -0.2) is 36.6 Å². The number of thiazole rings is 1. The van der Waals surface area contributed by atoms with E-state index in [-0.39, 0.29) is 18.2 Å². The maximum absolute atomic E-state index is 12.8. The molecule has 10 heteroatoms. The summed E-state index contributed by atoms with van der Waals surface area (Å²) in [5.41, 5.74) is -0.244. The van der Waals surface area contributed by atoms with E-state index in [1.807, 2.05) is 0 Å². The first-order valence-electron chi connectivity index (χ1n) is 7.27. The summed E-state index contributed by atoms with van der Waals surface area (Å²) in [5.74, 6) is -0.767. The van der Waals surface area contributed by atoms with Crippen molar-refractivity contribution in [3.8, 4) is 0 Å². The van der Waals surface area contributed by atoms with Gasteiger partial charge in [0.2, 0.25) is 11.8 Å². The Balaban J connectivity index is 2.13. The van der Waals surface area contributed by atoms with E-state index < -0.39 is 17.7 Å². The summed E-state index contributed by atoms with van der Waals surface area (Å²) in [7, 11) is 2.97. The van der Waals surface area contributed by atoms with Crippen LogP contribution in [0.3, 0.4) is 0 Å². The number of benzene rings is 1. The molecular weight excluding hydrogens is 375 g/mol. The Morgan fingerprint density at radius 2 is 2.00 bits per heavy atom. The van der Waals surface area contributed by atoms with E-state index in [0.29, 0.717) is 20.3 Å². The van der Waals surface area contributed by atoms with Gasteiger partial charge in [-0.2, -0.15) is 13.2 Å². The van der Waals surface area contributed by atoms with Gasteiger partial charge in [0, 0.05) is 26.3 Å². The van der Waals surface area contributed by atoms with Gasteiger partial charge in [0.05, 0.1) is 21.7 Å². The molecule has 2 aromatic rings. The minimum Gasteiger partial charge on any atom is -0.359 e. The van der Waals surface area contributed by atoms with E-state index in [2.05, 4.69) is 15.6 Å². The largest absolute Gasteiger partial charge is 0.416 e. The van der Waals surface area contributed by atoms with Crippen LogP contribution in [0.4, 0.5) is 13.2 Å². The monoisotopic (exact) mass is 391 g/mol. The maximum atomic E-state index is 12.8. The molecule has 0 aliphatic carbocycles. The second-order valence-electron chi connectivity index (χ2n) is 5.16. The molecule has 0 aliphatic heterocycles. The van der Waals surface area contributed by atoms with E-state index in [1.54, 1.807) is 0 Å². The van der Waals surface area contributed by atoms with E-state index in [1.165, 1.54) is 31.9 Å². The molecule has 1 heterocycles. The molecule has 2 N–H and O–H groups in total. The minimum absolute atomic E-state index is 0.0340. The quantitative estimate of drug-likeness (QED) is 0.743. The maximum Gasteiger partial charge on any atom is 0.416 e. The molecule has 1 aromatic heterocycles. The van der Waals surface area contributed by atoms with Gasteiger partial charge in [-0.05, 0) is 18.2 Å². The summed E-state index contributed by atoms with van der Waals surface area (Å²) >= 11 is 2.38. The number of halogens is 3. The number of thioether (sulfide) groups is 1. The summed E-state index contributed by atoms with van der Waals surface area (Å²) in [6.07, 6.45) is -4.37. The Bertz CT molecular complexity index is 777. The summed E-state index contributed by atoms with van der Waals surface area (Å²) in [5, 5.41) is 4.97. The van der Waals surface area contributed by atoms with Gasteiger partial charge in [0.15, 0.2) is 4.34 Å². The van der Waals surface area contributed by atoms with Crippen molar-refractivity contribution in [2.75, 3.05) is 19.8 Å². The fourth-order valence-electron chi connectivity index (χ4n) is 2.07. The van der Waals surface area contributed by atoms with Gasteiger partial charge >= 0.3 is 6.18 Å². The fraction of sp³-hybridized carbons (Fsp3) is 0.400. The van der Waals surface area contributed by atoms with E-state index >= 15 is 0 Å². The molecule has 136 valence electrons. The molecule has 5 nitrogen and oxygen atoms in total. The smallest absolute Gasteiger partial charge is 0.359 e. The molecule has 2 rings (SSSR count). The first-order chi connectivity index (χ1) is 11.7. The van der Waals surface area contributed by atoms with Crippen molar-refractivity contribution in [1.82, 2.24) is 15.6 Å². The number of aromatic nitrogens is 1. The zero-order valence-electron chi connectivity index (χ0n) is 13.4. The highest BCUT2D eigenvalue weighted by Crippen LogP contribution is 2.36. The number of alkyl halides is 3. The highest BCUT2D eigenvalue weighted by Gasteiger charge is 2.30. The Morgan fingerprint density at radius 3 is 2.60 bits per heavy atom. The second-order valence-corrected chi connectivity index (χ2v) is 7.46. The predicted octanol–water partition coefficient (Wildman–Crippen LogP) is 2.91. The lowest BCUT2D eigenvalue weighted by atomic mass is 10.1. The average Bonchev–Trinajstić information content (AvgIpc) is 2.98. The Kier molecular flexibility index (Phi) is 6.28. The SMILES string of the molecule is CNC(=O)CC(CSc1nc2ccc(C(F)(F)F)cc2s1)C(=O)NC. The number of hydrogen-bond acceptors (Lipinski definition) is 5. The van der Waals surface area contributed by atoms with Crippen LogP contribution in [0.1, 0.15) is 12.0 Å². The van der Waals surface area contributed by atoms with Crippen LogP contribution in [0, 0.1) is 5.92 Å². The molecule has 1 atom stereocenters. The van der Waals surface area contributed by atoms with E-state index in [4.69, 9.17) is 0 Å². The minimum atomic E-state index is -4.40. The fourth-order valence-corrected chi connectivity index (χ4v) is 4.29. The van der Waals surface area contributed by atoms with Crippen LogP contribution in [0.5, 0.6) is 0 Å². The lowest BCUT2D eigenvalue weighted by molar-refractivity contribution is -0.137. The zero-order chi connectivity index (χ0) is 18.6. The van der Waals surface area contributed by atoms with E-state index in [0.717, 1.165) is 23.5 Å². The van der Waals surface area contributed by atoms with Gasteiger partial charge in [-0.15, -0.1) is 11.3 Å². The third-order valence-corrected chi connectivity index (χ3v) is 5.76. The van der Waals surface area contributed by atoms with Gasteiger partial charge in [0.25, 0.3) is 0 Å². The molecule has 0 saturated heterocycles. The molecule has 1 aromatic carbocycles. The van der Waals surface area contributed by atoms with Crippen molar-refractivity contribution in [3.05, 3.63) is 23.8 Å². The summed E-state index contributed by atoms with van der Waals surface area (Å²) in [6.45, 7) is 0. The number of rotatable bonds is 6. The lowest BCUT2D eigenvalue weighted by Crippen LogP contribution is -2.33. The zero-order valence-corrected chi connectivity index (χ0v) is 15.1. The van der Waals surface area contributed by atoms with Gasteiger partial charge in [-0.3, -0.25) is 9.59 Å². The molecular formula is C15H16F3N3O2S2. The predicted molar refractivity (Wildman–Crippen MR) is 91.6 cm³/mol. The van der Waals surface area contributed by atoms with Gasteiger partial charge in [-0.1, -0.05) is 11.8 Å². The van der Waals surface area contributed by atoms with Crippen LogP contribution in [0.15, 0.2) is 22.5 Å². The van der Waals surface area contributed by atoms with Gasteiger partial charge in [0.1, 0.15) is 0 Å². The van der Waals surface area contributed by atoms with Gasteiger partial charge in [-0.25, -0.2) is 4.98 Å². The van der Waals surface area contributed by atoms with Crippen LogP contribution in [-0.2, 0) is 15.8 Å². The van der Waals surface area contributed by atoms with Crippen molar-refractivity contribution in [3.63, 3.8) is 0 Å². The summed E-state index contributed by atoms with van der Waals surface area (Å²) in [6, 6.07) is 3.40. The molecule has 0 bridgehead atoms. The Morgan fingerprint density at radius 1 is 1.28 bits per heavy atom. The van der Waals surface area contributed by atoms with Gasteiger partial charge < -0.3 is 10.6 Å². The molecule has 0 fully saturated rings. The Labute approximate surface area is 150 Å². The van der Waals surface area contributed by atoms with Crippen LogP contribution < -0.4 is 10.6 Å². The van der Waals surface area contributed by atoms with Crippen molar-refractivity contribution in [2.45, 2.75) is 16.9 Å².